The van der Waals surface area contributed by atoms with Crippen LogP contribution >= 0.6 is 0 Å². The van der Waals surface area contributed by atoms with Crippen molar-refractivity contribution in [2.45, 2.75) is 62.9 Å². The standard InChI is InChI=1S/C22H26N4O7/c27-25(28)18-1-2-19(20(12-18)26(29)30)24-23-17-3-5-21(6-4-17)31-22(33-32-21)15-8-13-7-14(10-15)11-16(22)9-13/h1-3,12-16,23-24H,4-11H2. The van der Waals surface area contributed by atoms with Gasteiger partial charge in [0.25, 0.3) is 5.69 Å². The lowest BCUT2D eigenvalue weighted by atomic mass is 9.53. The lowest BCUT2D eigenvalue weighted by Crippen LogP contribution is -2.59. The van der Waals surface area contributed by atoms with Crippen molar-refractivity contribution in [3.05, 3.63) is 50.2 Å². The van der Waals surface area contributed by atoms with Gasteiger partial charge in [0.2, 0.25) is 11.6 Å². The predicted molar refractivity (Wildman–Crippen MR) is 114 cm³/mol. The lowest BCUT2D eigenvalue weighted by Gasteiger charge is -2.57. The molecule has 1 saturated heterocycles. The number of nitro benzene ring substituents is 2. The number of anilines is 1. The fraction of sp³-hybridized carbons (Fsp3) is 0.636. The van der Waals surface area contributed by atoms with Gasteiger partial charge in [0.15, 0.2) is 0 Å². The third kappa shape index (κ3) is 3.37. The van der Waals surface area contributed by atoms with Gasteiger partial charge in [-0.25, -0.2) is 0 Å². The average Bonchev–Trinajstić information content (AvgIpc) is 3.16. The number of benzene rings is 1. The topological polar surface area (TPSA) is 138 Å². The van der Waals surface area contributed by atoms with Crippen LogP contribution in [0.15, 0.2) is 30.0 Å². The van der Waals surface area contributed by atoms with Gasteiger partial charge in [0.05, 0.1) is 15.9 Å². The number of nitro groups is 2. The Balaban J connectivity index is 1.12. The monoisotopic (exact) mass is 458 g/mol. The molecule has 1 aromatic rings. The van der Waals surface area contributed by atoms with E-state index in [0.29, 0.717) is 31.1 Å². The molecule has 176 valence electrons. The smallest absolute Gasteiger partial charge is 0.300 e. The zero-order valence-electron chi connectivity index (χ0n) is 18.0. The summed E-state index contributed by atoms with van der Waals surface area (Å²) < 4.78 is 6.66. The number of hydrazine groups is 1. The van der Waals surface area contributed by atoms with E-state index in [2.05, 4.69) is 10.9 Å². The summed E-state index contributed by atoms with van der Waals surface area (Å²) in [5.74, 6) is 1.02. The minimum absolute atomic E-state index is 0.149. The molecule has 4 saturated carbocycles. The van der Waals surface area contributed by atoms with Crippen molar-refractivity contribution in [2.75, 3.05) is 5.43 Å². The summed E-state index contributed by atoms with van der Waals surface area (Å²) in [5.41, 5.74) is 6.09. The van der Waals surface area contributed by atoms with Gasteiger partial charge in [0, 0.05) is 36.4 Å². The molecule has 5 fully saturated rings. The van der Waals surface area contributed by atoms with Gasteiger partial charge in [-0.1, -0.05) is 6.08 Å². The van der Waals surface area contributed by atoms with E-state index in [4.69, 9.17) is 14.5 Å². The van der Waals surface area contributed by atoms with Crippen LogP contribution in [0.1, 0.15) is 51.4 Å². The molecule has 1 atom stereocenters. The molecule has 11 nitrogen and oxygen atoms in total. The fourth-order valence-electron chi connectivity index (χ4n) is 6.74. The molecule has 4 bridgehead atoms. The first kappa shape index (κ1) is 20.8. The Labute approximate surface area is 189 Å². The first-order valence-corrected chi connectivity index (χ1v) is 11.6. The van der Waals surface area contributed by atoms with Crippen LogP contribution in [-0.2, 0) is 14.5 Å². The van der Waals surface area contributed by atoms with E-state index in [1.165, 1.54) is 18.6 Å². The number of nitrogens with zero attached hydrogens (tertiary/aromatic N) is 2. The average molecular weight is 458 g/mol. The van der Waals surface area contributed by atoms with Crippen molar-refractivity contribution in [1.29, 1.82) is 0 Å². The van der Waals surface area contributed by atoms with Crippen LogP contribution < -0.4 is 10.9 Å². The predicted octanol–water partition coefficient (Wildman–Crippen LogP) is 4.31. The summed E-state index contributed by atoms with van der Waals surface area (Å²) in [4.78, 5) is 32.8. The van der Waals surface area contributed by atoms with E-state index >= 15 is 0 Å². The molecule has 2 spiro atoms. The molecule has 1 unspecified atom stereocenters. The van der Waals surface area contributed by atoms with Gasteiger partial charge in [0.1, 0.15) is 5.69 Å². The number of allylic oxidation sites excluding steroid dienone is 1. The Morgan fingerprint density at radius 3 is 2.27 bits per heavy atom. The first-order chi connectivity index (χ1) is 15.9. The highest BCUT2D eigenvalue weighted by molar-refractivity contribution is 5.65. The van der Waals surface area contributed by atoms with Crippen LogP contribution in [0.5, 0.6) is 0 Å². The second kappa shape index (κ2) is 7.37. The fourth-order valence-corrected chi connectivity index (χ4v) is 6.74. The number of hydrogen-bond acceptors (Lipinski definition) is 9. The molecule has 6 aliphatic rings. The van der Waals surface area contributed by atoms with Crippen molar-refractivity contribution in [2.24, 2.45) is 23.7 Å². The van der Waals surface area contributed by atoms with Crippen molar-refractivity contribution >= 4 is 17.1 Å². The van der Waals surface area contributed by atoms with Crippen LogP contribution in [0.25, 0.3) is 0 Å². The Morgan fingerprint density at radius 2 is 1.67 bits per heavy atom. The summed E-state index contributed by atoms with van der Waals surface area (Å²) >= 11 is 0. The van der Waals surface area contributed by atoms with Crippen LogP contribution in [-0.4, -0.2) is 21.4 Å². The molecule has 11 heteroatoms. The second-order valence-corrected chi connectivity index (χ2v) is 10.1. The normalized spacial score (nSPS) is 38.5. The van der Waals surface area contributed by atoms with E-state index in [9.17, 15) is 20.2 Å². The summed E-state index contributed by atoms with van der Waals surface area (Å²) in [6, 6.07) is 3.49. The van der Waals surface area contributed by atoms with E-state index in [-0.39, 0.29) is 17.1 Å². The first-order valence-electron chi connectivity index (χ1n) is 11.6. The van der Waals surface area contributed by atoms with Gasteiger partial charge in [-0.3, -0.25) is 25.7 Å². The Morgan fingerprint density at radius 1 is 0.939 bits per heavy atom. The molecule has 0 aromatic heterocycles. The van der Waals surface area contributed by atoms with E-state index < -0.39 is 21.4 Å². The largest absolute Gasteiger partial charge is 0.311 e. The van der Waals surface area contributed by atoms with Crippen LogP contribution in [0.2, 0.25) is 0 Å². The molecule has 1 aliphatic heterocycles. The van der Waals surface area contributed by atoms with Crippen molar-refractivity contribution in [1.82, 2.24) is 5.43 Å². The van der Waals surface area contributed by atoms with Gasteiger partial charge in [-0.05, 0) is 56.4 Å². The Kier molecular flexibility index (Phi) is 4.65. The number of ether oxygens (including phenoxy) is 1. The Hall–Kier alpha value is -2.76. The summed E-state index contributed by atoms with van der Waals surface area (Å²) in [5, 5.41) is 22.2. The van der Waals surface area contributed by atoms with Gasteiger partial charge in [-0.15, -0.1) is 0 Å². The highest BCUT2D eigenvalue weighted by Gasteiger charge is 2.66. The molecule has 2 N–H and O–H groups in total. The quantitative estimate of drug-likeness (QED) is 0.375. The number of hydrogen-bond donors (Lipinski definition) is 2. The minimum atomic E-state index is -0.792. The summed E-state index contributed by atoms with van der Waals surface area (Å²) in [6.45, 7) is 0. The minimum Gasteiger partial charge on any atom is -0.311 e. The molecule has 5 aliphatic carbocycles. The number of non-ortho nitro benzene ring substituents is 1. The third-order valence-electron chi connectivity index (χ3n) is 8.13. The molecule has 1 heterocycles. The van der Waals surface area contributed by atoms with Crippen molar-refractivity contribution in [3.8, 4) is 0 Å². The molecule has 1 aromatic carbocycles. The van der Waals surface area contributed by atoms with Gasteiger partial charge >= 0.3 is 5.69 Å². The molecule has 0 radical (unpaired) electrons. The summed E-state index contributed by atoms with van der Waals surface area (Å²) in [7, 11) is 0. The van der Waals surface area contributed by atoms with Crippen LogP contribution in [0.4, 0.5) is 17.1 Å². The van der Waals surface area contributed by atoms with E-state index in [1.54, 1.807) is 0 Å². The zero-order valence-corrected chi connectivity index (χ0v) is 18.0. The molecular formula is C22H26N4O7. The Bertz CT molecular complexity index is 1020. The number of nitrogens with one attached hydrogen (secondary N) is 2. The van der Waals surface area contributed by atoms with Gasteiger partial charge < -0.3 is 10.2 Å². The maximum atomic E-state index is 11.3. The zero-order chi connectivity index (χ0) is 22.8. The maximum absolute atomic E-state index is 11.3. The third-order valence-corrected chi connectivity index (χ3v) is 8.13. The van der Waals surface area contributed by atoms with Crippen LogP contribution in [0, 0.1) is 43.9 Å². The van der Waals surface area contributed by atoms with E-state index in [1.807, 2.05) is 6.08 Å². The lowest BCUT2D eigenvalue weighted by molar-refractivity contribution is -0.393. The van der Waals surface area contributed by atoms with Crippen molar-refractivity contribution in [3.63, 3.8) is 0 Å². The van der Waals surface area contributed by atoms with Gasteiger partial charge in [-0.2, -0.15) is 9.78 Å². The van der Waals surface area contributed by atoms with Crippen molar-refractivity contribution < 1.29 is 24.4 Å². The maximum Gasteiger partial charge on any atom is 0.300 e. The molecular weight excluding hydrogens is 432 g/mol. The highest BCUT2D eigenvalue weighted by Crippen LogP contribution is 2.63. The second-order valence-electron chi connectivity index (χ2n) is 10.1. The SMILES string of the molecule is O=[N+]([O-])c1ccc(NNC2=CCC3(CC2)OOC2(O3)C3CC4CC(C3)CC2C4)c([N+](=O)[O-])c1. The number of rotatable bonds is 5. The molecule has 33 heavy (non-hydrogen) atoms. The van der Waals surface area contributed by atoms with Crippen LogP contribution in [0.3, 0.4) is 0 Å². The molecule has 0 amide bonds. The molecule has 7 rings (SSSR count). The highest BCUT2D eigenvalue weighted by atomic mass is 17.3. The summed E-state index contributed by atoms with van der Waals surface area (Å²) in [6.07, 6.45) is 9.66. The van der Waals surface area contributed by atoms with E-state index in [0.717, 1.165) is 49.3 Å².